The van der Waals surface area contributed by atoms with Gasteiger partial charge in [-0.1, -0.05) is 64.5 Å². The topological polar surface area (TPSA) is 25.8 Å². The third-order valence-electron chi connectivity index (χ3n) is 2.82. The first-order valence-electron chi connectivity index (χ1n) is 5.75. The van der Waals surface area contributed by atoms with Crippen LogP contribution in [0.2, 0.25) is 0 Å². The number of hydrogen-bond acceptors (Lipinski definition) is 2. The lowest BCUT2D eigenvalue weighted by Crippen LogP contribution is -1.96. The third kappa shape index (κ3) is 2.02. The molecule has 0 aliphatic rings. The Balaban J connectivity index is 2.33. The van der Waals surface area contributed by atoms with Gasteiger partial charge in [-0.2, -0.15) is 0 Å². The van der Waals surface area contributed by atoms with Crippen molar-refractivity contribution in [3.05, 3.63) is 60.4 Å². The predicted octanol–water partition coefficient (Wildman–Crippen LogP) is 4.19. The van der Waals surface area contributed by atoms with Gasteiger partial charge in [0, 0.05) is 10.9 Å². The molecule has 0 spiro atoms. The van der Waals surface area contributed by atoms with Gasteiger partial charge in [0.2, 0.25) is 0 Å². The summed E-state index contributed by atoms with van der Waals surface area (Å²) < 4.78 is 0. The van der Waals surface area contributed by atoms with Crippen molar-refractivity contribution >= 4 is 26.8 Å². The highest BCUT2D eigenvalue weighted by Crippen LogP contribution is 2.26. The molecule has 0 aliphatic carbocycles. The second kappa shape index (κ2) is 4.86. The smallest absolute Gasteiger partial charge is 0.140 e. The van der Waals surface area contributed by atoms with Crippen molar-refractivity contribution in [2.75, 3.05) is 0 Å². The van der Waals surface area contributed by atoms with Crippen LogP contribution >= 0.6 is 15.9 Å². The summed E-state index contributed by atoms with van der Waals surface area (Å²) in [6.07, 6.45) is 0. The van der Waals surface area contributed by atoms with Crippen molar-refractivity contribution in [3.8, 4) is 11.3 Å². The fourth-order valence-electron chi connectivity index (χ4n) is 2.00. The van der Waals surface area contributed by atoms with Gasteiger partial charge in [-0.15, -0.1) is 0 Å². The van der Waals surface area contributed by atoms with E-state index in [1.54, 1.807) is 0 Å². The Morgan fingerprint density at radius 1 is 0.833 bits per heavy atom. The molecule has 2 aromatic carbocycles. The Labute approximate surface area is 114 Å². The van der Waals surface area contributed by atoms with Crippen LogP contribution in [-0.4, -0.2) is 9.97 Å². The number of aromatic nitrogens is 2. The molecule has 2 nitrogen and oxygen atoms in total. The van der Waals surface area contributed by atoms with E-state index in [2.05, 4.69) is 44.1 Å². The SMILES string of the molecule is BrCc1nc(-c2ccccc2)c2ccccc2n1. The molecule has 0 radical (unpaired) electrons. The highest BCUT2D eigenvalue weighted by molar-refractivity contribution is 9.08. The molecule has 0 unspecified atom stereocenters. The Bertz CT molecular complexity index is 680. The number of para-hydroxylation sites is 1. The second-order valence-electron chi connectivity index (χ2n) is 4.01. The molecule has 0 saturated heterocycles. The summed E-state index contributed by atoms with van der Waals surface area (Å²) in [5.41, 5.74) is 3.11. The zero-order valence-corrected chi connectivity index (χ0v) is 11.3. The van der Waals surface area contributed by atoms with Gasteiger partial charge in [0.05, 0.1) is 16.5 Å². The van der Waals surface area contributed by atoms with Crippen LogP contribution in [0.5, 0.6) is 0 Å². The second-order valence-corrected chi connectivity index (χ2v) is 4.57. The van der Waals surface area contributed by atoms with Crippen LogP contribution in [0.4, 0.5) is 0 Å². The molecule has 3 aromatic rings. The number of nitrogens with zero attached hydrogens (tertiary/aromatic N) is 2. The van der Waals surface area contributed by atoms with Gasteiger partial charge in [-0.3, -0.25) is 0 Å². The van der Waals surface area contributed by atoms with Crippen molar-refractivity contribution in [1.82, 2.24) is 9.97 Å². The van der Waals surface area contributed by atoms with Crippen LogP contribution in [0, 0.1) is 0 Å². The van der Waals surface area contributed by atoms with Crippen molar-refractivity contribution in [1.29, 1.82) is 0 Å². The largest absolute Gasteiger partial charge is 0.232 e. The summed E-state index contributed by atoms with van der Waals surface area (Å²) in [6.45, 7) is 0. The Hall–Kier alpha value is -1.74. The standard InChI is InChI=1S/C15H11BrN2/c16-10-14-17-13-9-5-4-8-12(13)15(18-14)11-6-2-1-3-7-11/h1-9H,10H2. The van der Waals surface area contributed by atoms with E-state index in [-0.39, 0.29) is 0 Å². The highest BCUT2D eigenvalue weighted by Gasteiger charge is 2.08. The zero-order chi connectivity index (χ0) is 12.4. The lowest BCUT2D eigenvalue weighted by atomic mass is 10.1. The van der Waals surface area contributed by atoms with E-state index >= 15 is 0 Å². The lowest BCUT2D eigenvalue weighted by Gasteiger charge is -2.07. The van der Waals surface area contributed by atoms with E-state index in [4.69, 9.17) is 0 Å². The fourth-order valence-corrected chi connectivity index (χ4v) is 2.25. The summed E-state index contributed by atoms with van der Waals surface area (Å²) >= 11 is 3.42. The number of benzene rings is 2. The van der Waals surface area contributed by atoms with Crippen LogP contribution in [0.25, 0.3) is 22.2 Å². The molecule has 0 aliphatic heterocycles. The van der Waals surface area contributed by atoms with Crippen molar-refractivity contribution in [2.45, 2.75) is 5.33 Å². The lowest BCUT2D eigenvalue weighted by molar-refractivity contribution is 1.08. The maximum absolute atomic E-state index is 4.63. The minimum absolute atomic E-state index is 0.664. The minimum Gasteiger partial charge on any atom is -0.232 e. The van der Waals surface area contributed by atoms with Crippen molar-refractivity contribution < 1.29 is 0 Å². The average Bonchev–Trinajstić information content (AvgIpc) is 2.47. The van der Waals surface area contributed by atoms with Crippen molar-refractivity contribution in [2.24, 2.45) is 0 Å². The van der Waals surface area contributed by atoms with Gasteiger partial charge in [0.15, 0.2) is 0 Å². The molecule has 0 N–H and O–H groups in total. The number of alkyl halides is 1. The molecular formula is C15H11BrN2. The molecule has 0 saturated carbocycles. The summed E-state index contributed by atoms with van der Waals surface area (Å²) in [5, 5.41) is 1.76. The maximum Gasteiger partial charge on any atom is 0.140 e. The molecule has 0 amide bonds. The van der Waals surface area contributed by atoms with Gasteiger partial charge in [-0.25, -0.2) is 9.97 Å². The van der Waals surface area contributed by atoms with E-state index in [1.807, 2.05) is 36.4 Å². The summed E-state index contributed by atoms with van der Waals surface area (Å²) in [7, 11) is 0. The van der Waals surface area contributed by atoms with Crippen LogP contribution in [0.1, 0.15) is 5.82 Å². The van der Waals surface area contributed by atoms with E-state index in [0.29, 0.717) is 5.33 Å². The monoisotopic (exact) mass is 298 g/mol. The van der Waals surface area contributed by atoms with Gasteiger partial charge in [-0.05, 0) is 6.07 Å². The molecule has 18 heavy (non-hydrogen) atoms. The Kier molecular flexibility index (Phi) is 3.07. The summed E-state index contributed by atoms with van der Waals surface area (Å²) in [6, 6.07) is 18.3. The first-order chi connectivity index (χ1) is 8.88. The molecule has 0 atom stereocenters. The average molecular weight is 299 g/mol. The Morgan fingerprint density at radius 3 is 2.33 bits per heavy atom. The number of hydrogen-bond donors (Lipinski definition) is 0. The number of halogens is 1. The molecule has 0 fully saturated rings. The van der Waals surface area contributed by atoms with E-state index < -0.39 is 0 Å². The quantitative estimate of drug-likeness (QED) is 0.663. The van der Waals surface area contributed by atoms with Crippen LogP contribution in [-0.2, 0) is 5.33 Å². The molecule has 1 aromatic heterocycles. The Morgan fingerprint density at radius 2 is 1.56 bits per heavy atom. The maximum atomic E-state index is 4.63. The molecule has 3 heteroatoms. The van der Waals surface area contributed by atoms with Gasteiger partial charge in [0.25, 0.3) is 0 Å². The predicted molar refractivity (Wildman–Crippen MR) is 77.6 cm³/mol. The molecule has 88 valence electrons. The number of fused-ring (bicyclic) bond motifs is 1. The van der Waals surface area contributed by atoms with E-state index in [9.17, 15) is 0 Å². The first-order valence-corrected chi connectivity index (χ1v) is 6.87. The van der Waals surface area contributed by atoms with Gasteiger partial charge < -0.3 is 0 Å². The van der Waals surface area contributed by atoms with E-state index in [1.165, 1.54) is 0 Å². The molecule has 0 bridgehead atoms. The number of rotatable bonds is 2. The summed E-state index contributed by atoms with van der Waals surface area (Å²) in [5.74, 6) is 0.813. The van der Waals surface area contributed by atoms with Crippen LogP contribution in [0.3, 0.4) is 0 Å². The highest BCUT2D eigenvalue weighted by atomic mass is 79.9. The third-order valence-corrected chi connectivity index (χ3v) is 3.32. The molecule has 3 rings (SSSR count). The van der Waals surface area contributed by atoms with Crippen LogP contribution < -0.4 is 0 Å². The van der Waals surface area contributed by atoms with E-state index in [0.717, 1.165) is 28.0 Å². The van der Waals surface area contributed by atoms with Gasteiger partial charge in [0.1, 0.15) is 5.82 Å². The fraction of sp³-hybridized carbons (Fsp3) is 0.0667. The zero-order valence-electron chi connectivity index (χ0n) is 9.68. The minimum atomic E-state index is 0.664. The molecular weight excluding hydrogens is 288 g/mol. The normalized spacial score (nSPS) is 10.7. The molecule has 1 heterocycles. The van der Waals surface area contributed by atoms with Gasteiger partial charge >= 0.3 is 0 Å². The first kappa shape index (κ1) is 11.4. The van der Waals surface area contributed by atoms with Crippen molar-refractivity contribution in [3.63, 3.8) is 0 Å². The summed E-state index contributed by atoms with van der Waals surface area (Å²) in [4.78, 5) is 9.15. The van der Waals surface area contributed by atoms with Crippen LogP contribution in [0.15, 0.2) is 54.6 Å².